The summed E-state index contributed by atoms with van der Waals surface area (Å²) in [4.78, 5) is 0. The molecule has 0 N–H and O–H groups in total. The molecule has 0 aromatic heterocycles. The first-order chi connectivity index (χ1) is 7.31. The van der Waals surface area contributed by atoms with Gasteiger partial charge in [0.2, 0.25) is 0 Å². The maximum absolute atomic E-state index is 5.22. The van der Waals surface area contributed by atoms with Gasteiger partial charge in [-0.05, 0) is 35.7 Å². The second-order valence-corrected chi connectivity index (χ2v) is 3.55. The summed E-state index contributed by atoms with van der Waals surface area (Å²) in [5.74, 6) is 0.899. The highest BCUT2D eigenvalue weighted by Gasteiger charge is 2.01. The van der Waals surface area contributed by atoms with Crippen molar-refractivity contribution in [3.05, 3.63) is 54.1 Å². The Morgan fingerprint density at radius 1 is 0.933 bits per heavy atom. The van der Waals surface area contributed by atoms with E-state index in [1.807, 2.05) is 12.1 Å². The fourth-order valence-electron chi connectivity index (χ4n) is 1.69. The van der Waals surface area contributed by atoms with E-state index in [0.717, 1.165) is 5.75 Å². The maximum atomic E-state index is 5.22. The molecule has 0 bridgehead atoms. The molecule has 0 aliphatic carbocycles. The minimum atomic E-state index is 0.899. The Balaban J connectivity index is 2.49. The van der Waals surface area contributed by atoms with Crippen LogP contribution in [0.25, 0.3) is 11.1 Å². The van der Waals surface area contributed by atoms with E-state index in [1.54, 1.807) is 7.11 Å². The van der Waals surface area contributed by atoms with Crippen LogP contribution >= 0.6 is 0 Å². The average Bonchev–Trinajstić information content (AvgIpc) is 2.30. The van der Waals surface area contributed by atoms with Crippen LogP contribution in [0.15, 0.2) is 48.5 Å². The fraction of sp³-hybridized carbons (Fsp3) is 0.143. The standard InChI is InChI=1S/C14H14O/c1-11-6-3-4-9-14(11)12-7-5-8-13(10-12)15-2/h3-10H,1-2H3. The summed E-state index contributed by atoms with van der Waals surface area (Å²) < 4.78 is 5.22. The van der Waals surface area contributed by atoms with E-state index in [0.29, 0.717) is 0 Å². The first kappa shape index (κ1) is 9.78. The number of hydrogen-bond acceptors (Lipinski definition) is 1. The monoisotopic (exact) mass is 198 g/mol. The Hall–Kier alpha value is -1.76. The van der Waals surface area contributed by atoms with Crippen LogP contribution < -0.4 is 4.74 Å². The topological polar surface area (TPSA) is 9.23 Å². The quantitative estimate of drug-likeness (QED) is 0.715. The molecule has 0 spiro atoms. The number of ether oxygens (including phenoxy) is 1. The third-order valence-electron chi connectivity index (χ3n) is 2.53. The fourth-order valence-corrected chi connectivity index (χ4v) is 1.69. The van der Waals surface area contributed by atoms with Crippen LogP contribution in [-0.2, 0) is 0 Å². The average molecular weight is 198 g/mol. The molecule has 0 aliphatic heterocycles. The van der Waals surface area contributed by atoms with Gasteiger partial charge in [-0.1, -0.05) is 36.4 Å². The minimum absolute atomic E-state index is 0.899. The third-order valence-corrected chi connectivity index (χ3v) is 2.53. The van der Waals surface area contributed by atoms with Gasteiger partial charge in [0.1, 0.15) is 5.75 Å². The molecular formula is C14H14O. The largest absolute Gasteiger partial charge is 0.497 e. The van der Waals surface area contributed by atoms with Gasteiger partial charge in [0.25, 0.3) is 0 Å². The lowest BCUT2D eigenvalue weighted by Crippen LogP contribution is -1.85. The zero-order valence-corrected chi connectivity index (χ0v) is 9.03. The predicted molar refractivity (Wildman–Crippen MR) is 63.2 cm³/mol. The number of rotatable bonds is 2. The molecule has 2 aromatic carbocycles. The van der Waals surface area contributed by atoms with Crippen molar-refractivity contribution in [2.24, 2.45) is 0 Å². The Labute approximate surface area is 90.3 Å². The van der Waals surface area contributed by atoms with Gasteiger partial charge in [-0.15, -0.1) is 0 Å². The third kappa shape index (κ3) is 2.01. The molecule has 0 atom stereocenters. The van der Waals surface area contributed by atoms with Crippen molar-refractivity contribution in [2.45, 2.75) is 6.92 Å². The van der Waals surface area contributed by atoms with Gasteiger partial charge >= 0.3 is 0 Å². The molecule has 1 heteroatoms. The highest BCUT2D eigenvalue weighted by molar-refractivity contribution is 5.68. The van der Waals surface area contributed by atoms with E-state index in [4.69, 9.17) is 4.74 Å². The summed E-state index contributed by atoms with van der Waals surface area (Å²) in [5.41, 5.74) is 3.75. The van der Waals surface area contributed by atoms with Crippen molar-refractivity contribution in [1.82, 2.24) is 0 Å². The number of methoxy groups -OCH3 is 1. The predicted octanol–water partition coefficient (Wildman–Crippen LogP) is 3.67. The van der Waals surface area contributed by atoms with E-state index < -0.39 is 0 Å². The molecule has 0 radical (unpaired) electrons. The van der Waals surface area contributed by atoms with Crippen LogP contribution in [0.3, 0.4) is 0 Å². The van der Waals surface area contributed by atoms with Crippen LogP contribution in [-0.4, -0.2) is 7.11 Å². The molecule has 0 saturated heterocycles. The van der Waals surface area contributed by atoms with Gasteiger partial charge in [-0.3, -0.25) is 0 Å². The van der Waals surface area contributed by atoms with Crippen LogP contribution in [0.1, 0.15) is 5.56 Å². The van der Waals surface area contributed by atoms with Gasteiger partial charge < -0.3 is 4.74 Å². The van der Waals surface area contributed by atoms with Crippen molar-refractivity contribution < 1.29 is 4.74 Å². The lowest BCUT2D eigenvalue weighted by Gasteiger charge is -2.07. The van der Waals surface area contributed by atoms with E-state index in [1.165, 1.54) is 16.7 Å². The lowest BCUT2D eigenvalue weighted by molar-refractivity contribution is 0.415. The summed E-state index contributed by atoms with van der Waals surface area (Å²) in [6.07, 6.45) is 0. The van der Waals surface area contributed by atoms with Gasteiger partial charge in [0.15, 0.2) is 0 Å². The molecule has 0 heterocycles. The zero-order chi connectivity index (χ0) is 10.7. The van der Waals surface area contributed by atoms with E-state index >= 15 is 0 Å². The van der Waals surface area contributed by atoms with Crippen LogP contribution in [0.4, 0.5) is 0 Å². The molecule has 0 fully saturated rings. The Morgan fingerprint density at radius 2 is 1.73 bits per heavy atom. The smallest absolute Gasteiger partial charge is 0.119 e. The van der Waals surface area contributed by atoms with Gasteiger partial charge in [0.05, 0.1) is 7.11 Å². The summed E-state index contributed by atoms with van der Waals surface area (Å²) in [7, 11) is 1.69. The summed E-state index contributed by atoms with van der Waals surface area (Å²) >= 11 is 0. The Kier molecular flexibility index (Phi) is 2.72. The normalized spacial score (nSPS) is 10.0. The molecule has 76 valence electrons. The molecule has 0 amide bonds. The molecular weight excluding hydrogens is 184 g/mol. The Morgan fingerprint density at radius 3 is 2.47 bits per heavy atom. The number of aryl methyl sites for hydroxylation is 1. The van der Waals surface area contributed by atoms with Gasteiger partial charge in [0, 0.05) is 0 Å². The highest BCUT2D eigenvalue weighted by Crippen LogP contribution is 2.26. The molecule has 0 aliphatic rings. The van der Waals surface area contributed by atoms with Crippen LogP contribution in [0.2, 0.25) is 0 Å². The van der Waals surface area contributed by atoms with Gasteiger partial charge in [-0.25, -0.2) is 0 Å². The van der Waals surface area contributed by atoms with Gasteiger partial charge in [-0.2, -0.15) is 0 Å². The molecule has 15 heavy (non-hydrogen) atoms. The SMILES string of the molecule is COc1cccc(-c2ccccc2C)c1. The first-order valence-corrected chi connectivity index (χ1v) is 5.01. The molecule has 0 unspecified atom stereocenters. The minimum Gasteiger partial charge on any atom is -0.497 e. The van der Waals surface area contributed by atoms with Crippen LogP contribution in [0, 0.1) is 6.92 Å². The van der Waals surface area contributed by atoms with E-state index in [2.05, 4.69) is 43.3 Å². The molecule has 1 nitrogen and oxygen atoms in total. The van der Waals surface area contributed by atoms with Crippen LogP contribution in [0.5, 0.6) is 5.75 Å². The Bertz CT molecular complexity index is 460. The van der Waals surface area contributed by atoms with E-state index in [-0.39, 0.29) is 0 Å². The highest BCUT2D eigenvalue weighted by atomic mass is 16.5. The molecule has 0 saturated carbocycles. The molecule has 2 aromatic rings. The maximum Gasteiger partial charge on any atom is 0.119 e. The van der Waals surface area contributed by atoms with Crippen molar-refractivity contribution in [3.63, 3.8) is 0 Å². The number of hydrogen-bond donors (Lipinski definition) is 0. The van der Waals surface area contributed by atoms with E-state index in [9.17, 15) is 0 Å². The zero-order valence-electron chi connectivity index (χ0n) is 9.03. The van der Waals surface area contributed by atoms with Crippen molar-refractivity contribution in [1.29, 1.82) is 0 Å². The lowest BCUT2D eigenvalue weighted by atomic mass is 10.0. The number of benzene rings is 2. The van der Waals surface area contributed by atoms with Crippen molar-refractivity contribution in [3.8, 4) is 16.9 Å². The van der Waals surface area contributed by atoms with Crippen molar-refractivity contribution in [2.75, 3.05) is 7.11 Å². The van der Waals surface area contributed by atoms with Crippen molar-refractivity contribution >= 4 is 0 Å². The second-order valence-electron chi connectivity index (χ2n) is 3.55. The second kappa shape index (κ2) is 4.18. The molecule has 2 rings (SSSR count). The summed E-state index contributed by atoms with van der Waals surface area (Å²) in [6.45, 7) is 2.12. The summed E-state index contributed by atoms with van der Waals surface area (Å²) in [5, 5.41) is 0. The first-order valence-electron chi connectivity index (χ1n) is 5.01. The summed E-state index contributed by atoms with van der Waals surface area (Å²) in [6, 6.07) is 16.5.